The predicted octanol–water partition coefficient (Wildman–Crippen LogP) is 2.29. The van der Waals surface area contributed by atoms with Crippen molar-refractivity contribution in [3.8, 4) is 0 Å². The average molecular weight is 289 g/mol. The summed E-state index contributed by atoms with van der Waals surface area (Å²) in [4.78, 5) is 14.4. The Balaban J connectivity index is 2.08. The summed E-state index contributed by atoms with van der Waals surface area (Å²) in [5, 5.41) is 12.0. The van der Waals surface area contributed by atoms with Crippen molar-refractivity contribution in [2.75, 3.05) is 13.1 Å². The van der Waals surface area contributed by atoms with E-state index < -0.39 is 0 Å². The summed E-state index contributed by atoms with van der Waals surface area (Å²) in [5.41, 5.74) is 8.46. The van der Waals surface area contributed by atoms with Crippen molar-refractivity contribution < 1.29 is 10.0 Å². The lowest BCUT2D eigenvalue weighted by Crippen LogP contribution is -2.47. The normalized spacial score (nSPS) is 18.6. The molecule has 1 heterocycles. The molecule has 21 heavy (non-hydrogen) atoms. The van der Waals surface area contributed by atoms with Gasteiger partial charge in [0, 0.05) is 24.1 Å². The third-order valence-electron chi connectivity index (χ3n) is 4.63. The van der Waals surface area contributed by atoms with Crippen molar-refractivity contribution in [3.05, 3.63) is 34.9 Å². The van der Waals surface area contributed by atoms with Crippen molar-refractivity contribution >= 4 is 11.7 Å². The highest BCUT2D eigenvalue weighted by molar-refractivity contribution is 5.95. The number of hydrogen-bond acceptors (Lipinski definition) is 3. The van der Waals surface area contributed by atoms with Crippen molar-refractivity contribution in [1.82, 2.24) is 4.90 Å². The zero-order valence-electron chi connectivity index (χ0n) is 12.9. The molecule has 1 saturated heterocycles. The molecule has 2 rings (SSSR count). The summed E-state index contributed by atoms with van der Waals surface area (Å²) < 4.78 is 0. The number of amides is 1. The zero-order valence-corrected chi connectivity index (χ0v) is 12.9. The minimum atomic E-state index is -0.325. The molecular weight excluding hydrogens is 266 g/mol. The number of nitrogens with two attached hydrogens (primary N) is 1. The largest absolute Gasteiger partial charge is 0.409 e. The van der Waals surface area contributed by atoms with E-state index in [9.17, 15) is 4.79 Å². The molecule has 0 aromatic heterocycles. The van der Waals surface area contributed by atoms with Crippen LogP contribution >= 0.6 is 0 Å². The van der Waals surface area contributed by atoms with E-state index in [1.807, 2.05) is 43.9 Å². The van der Waals surface area contributed by atoms with Crippen LogP contribution in [0, 0.1) is 19.3 Å². The summed E-state index contributed by atoms with van der Waals surface area (Å²) in [7, 11) is 0. The first-order chi connectivity index (χ1) is 9.87. The molecule has 1 amide bonds. The van der Waals surface area contributed by atoms with Crippen LogP contribution in [-0.4, -0.2) is 34.9 Å². The second-order valence-corrected chi connectivity index (χ2v) is 6.14. The highest BCUT2D eigenvalue weighted by atomic mass is 16.4. The molecule has 0 unspecified atom stereocenters. The van der Waals surface area contributed by atoms with Gasteiger partial charge in [0.25, 0.3) is 5.91 Å². The van der Waals surface area contributed by atoms with E-state index in [2.05, 4.69) is 5.16 Å². The maximum atomic E-state index is 12.5. The van der Waals surface area contributed by atoms with Gasteiger partial charge in [0.05, 0.1) is 0 Å². The third-order valence-corrected chi connectivity index (χ3v) is 4.63. The Bertz CT molecular complexity index is 573. The fourth-order valence-corrected chi connectivity index (χ4v) is 2.64. The number of carbonyl (C=O) groups is 1. The summed E-state index contributed by atoms with van der Waals surface area (Å²) >= 11 is 0. The van der Waals surface area contributed by atoms with Gasteiger partial charge < -0.3 is 15.8 Å². The van der Waals surface area contributed by atoms with Crippen LogP contribution in [0.1, 0.15) is 41.3 Å². The molecule has 1 aromatic carbocycles. The maximum Gasteiger partial charge on any atom is 0.253 e. The van der Waals surface area contributed by atoms with Crippen LogP contribution in [-0.2, 0) is 0 Å². The number of rotatable bonds is 2. The standard InChI is InChI=1S/C16H23N3O2/c1-11-4-5-13(10-12(11)2)14(20)19-8-6-16(3,7-9-19)15(17)18-21/h4-5,10,21H,6-9H2,1-3H3,(H2,17,18). The van der Waals surface area contributed by atoms with Gasteiger partial charge in [-0.25, -0.2) is 0 Å². The summed E-state index contributed by atoms with van der Waals surface area (Å²) in [6.45, 7) is 7.27. The SMILES string of the molecule is Cc1ccc(C(=O)N2CCC(C)(/C(N)=N/O)CC2)cc1C. The van der Waals surface area contributed by atoms with E-state index in [0.29, 0.717) is 25.9 Å². The average Bonchev–Trinajstić information content (AvgIpc) is 2.49. The van der Waals surface area contributed by atoms with Gasteiger partial charge in [0.2, 0.25) is 0 Å². The Labute approximate surface area is 125 Å². The Morgan fingerprint density at radius 1 is 1.29 bits per heavy atom. The van der Waals surface area contributed by atoms with E-state index in [1.165, 1.54) is 5.56 Å². The van der Waals surface area contributed by atoms with E-state index in [1.54, 1.807) is 0 Å². The number of aryl methyl sites for hydroxylation is 2. The maximum absolute atomic E-state index is 12.5. The number of hydrogen-bond donors (Lipinski definition) is 2. The second-order valence-electron chi connectivity index (χ2n) is 6.14. The Morgan fingerprint density at radius 2 is 1.90 bits per heavy atom. The molecule has 0 saturated carbocycles. The van der Waals surface area contributed by atoms with Gasteiger partial charge in [-0.05, 0) is 49.9 Å². The number of oxime groups is 1. The lowest BCUT2D eigenvalue weighted by Gasteiger charge is -2.38. The van der Waals surface area contributed by atoms with Crippen molar-refractivity contribution in [2.24, 2.45) is 16.3 Å². The van der Waals surface area contributed by atoms with E-state index >= 15 is 0 Å². The molecule has 1 fully saturated rings. The number of amidine groups is 1. The van der Waals surface area contributed by atoms with Crippen molar-refractivity contribution in [2.45, 2.75) is 33.6 Å². The number of benzene rings is 1. The molecule has 1 aliphatic rings. The highest BCUT2D eigenvalue weighted by Gasteiger charge is 2.35. The molecular formula is C16H23N3O2. The number of carbonyl (C=O) groups excluding carboxylic acids is 1. The van der Waals surface area contributed by atoms with Gasteiger partial charge in [-0.2, -0.15) is 0 Å². The van der Waals surface area contributed by atoms with E-state index in [-0.39, 0.29) is 17.2 Å². The first-order valence-corrected chi connectivity index (χ1v) is 7.22. The molecule has 1 aromatic rings. The molecule has 114 valence electrons. The molecule has 0 atom stereocenters. The zero-order chi connectivity index (χ0) is 15.6. The summed E-state index contributed by atoms with van der Waals surface area (Å²) in [5.74, 6) is 0.306. The number of piperidine rings is 1. The van der Waals surface area contributed by atoms with Gasteiger partial charge >= 0.3 is 0 Å². The molecule has 0 spiro atoms. The van der Waals surface area contributed by atoms with Gasteiger partial charge in [0.15, 0.2) is 0 Å². The van der Waals surface area contributed by atoms with Crippen LogP contribution in [0.3, 0.4) is 0 Å². The Hall–Kier alpha value is -2.04. The molecule has 1 aliphatic heterocycles. The van der Waals surface area contributed by atoms with Crippen LogP contribution in [0.15, 0.2) is 23.4 Å². The molecule has 3 N–H and O–H groups in total. The Morgan fingerprint density at radius 3 is 2.43 bits per heavy atom. The Kier molecular flexibility index (Phi) is 4.21. The summed E-state index contributed by atoms with van der Waals surface area (Å²) in [6, 6.07) is 5.80. The smallest absolute Gasteiger partial charge is 0.253 e. The molecule has 0 radical (unpaired) electrons. The first-order valence-electron chi connectivity index (χ1n) is 7.22. The van der Waals surface area contributed by atoms with Crippen LogP contribution < -0.4 is 5.73 Å². The first kappa shape index (κ1) is 15.4. The fourth-order valence-electron chi connectivity index (χ4n) is 2.64. The molecule has 0 bridgehead atoms. The lowest BCUT2D eigenvalue weighted by molar-refractivity contribution is 0.0666. The minimum Gasteiger partial charge on any atom is -0.409 e. The fraction of sp³-hybridized carbons (Fsp3) is 0.500. The topological polar surface area (TPSA) is 78.9 Å². The molecule has 0 aliphatic carbocycles. The van der Waals surface area contributed by atoms with E-state index in [0.717, 1.165) is 11.1 Å². The monoisotopic (exact) mass is 289 g/mol. The van der Waals surface area contributed by atoms with Gasteiger partial charge in [0.1, 0.15) is 5.84 Å². The third kappa shape index (κ3) is 3.01. The van der Waals surface area contributed by atoms with Crippen LogP contribution in [0.5, 0.6) is 0 Å². The van der Waals surface area contributed by atoms with Crippen molar-refractivity contribution in [1.29, 1.82) is 0 Å². The van der Waals surface area contributed by atoms with Crippen LogP contribution in [0.4, 0.5) is 0 Å². The number of likely N-dealkylation sites (tertiary alicyclic amines) is 1. The van der Waals surface area contributed by atoms with Crippen molar-refractivity contribution in [3.63, 3.8) is 0 Å². The quantitative estimate of drug-likeness (QED) is 0.379. The van der Waals surface area contributed by atoms with Crippen LogP contribution in [0.25, 0.3) is 0 Å². The summed E-state index contributed by atoms with van der Waals surface area (Å²) in [6.07, 6.45) is 1.42. The second kappa shape index (κ2) is 5.76. The van der Waals surface area contributed by atoms with E-state index in [4.69, 9.17) is 10.9 Å². The molecule has 5 nitrogen and oxygen atoms in total. The molecule has 5 heteroatoms. The number of nitrogens with zero attached hydrogens (tertiary/aromatic N) is 2. The van der Waals surface area contributed by atoms with Gasteiger partial charge in [-0.1, -0.05) is 18.1 Å². The minimum absolute atomic E-state index is 0.0552. The predicted molar refractivity (Wildman–Crippen MR) is 82.6 cm³/mol. The van der Waals surface area contributed by atoms with Gasteiger partial charge in [-0.3, -0.25) is 4.79 Å². The van der Waals surface area contributed by atoms with Crippen LogP contribution in [0.2, 0.25) is 0 Å². The van der Waals surface area contributed by atoms with Gasteiger partial charge in [-0.15, -0.1) is 0 Å². The highest BCUT2D eigenvalue weighted by Crippen LogP contribution is 2.31. The lowest BCUT2D eigenvalue weighted by atomic mass is 9.79.